The van der Waals surface area contributed by atoms with Crippen molar-refractivity contribution in [3.63, 3.8) is 0 Å². The van der Waals surface area contributed by atoms with E-state index in [1.165, 1.54) is 36.8 Å². The summed E-state index contributed by atoms with van der Waals surface area (Å²) >= 11 is 0. The fraction of sp³-hybridized carbons (Fsp3) is 0.571. The quantitative estimate of drug-likeness (QED) is 0.767. The molecule has 3 N–H and O–H groups in total. The Labute approximate surface area is 97.5 Å². The van der Waals surface area contributed by atoms with E-state index in [0.717, 1.165) is 24.8 Å². The van der Waals surface area contributed by atoms with Crippen molar-refractivity contribution in [2.24, 2.45) is 5.73 Å². The molecule has 0 unspecified atom stereocenters. The van der Waals surface area contributed by atoms with Crippen LogP contribution in [0.4, 0.5) is 0 Å². The summed E-state index contributed by atoms with van der Waals surface area (Å²) in [5.41, 5.74) is 9.56. The zero-order valence-electron chi connectivity index (χ0n) is 9.84. The SMILES string of the molecule is NCCCc1c(O)ccc2c1CCCCC2. The number of hydrogen-bond donors (Lipinski definition) is 2. The van der Waals surface area contributed by atoms with Crippen LogP contribution in [0, 0.1) is 0 Å². The fourth-order valence-electron chi connectivity index (χ4n) is 2.63. The molecule has 0 atom stereocenters. The van der Waals surface area contributed by atoms with Gasteiger partial charge in [0.1, 0.15) is 5.75 Å². The predicted molar refractivity (Wildman–Crippen MR) is 66.7 cm³/mol. The van der Waals surface area contributed by atoms with Gasteiger partial charge in [0.05, 0.1) is 0 Å². The second kappa shape index (κ2) is 5.35. The third kappa shape index (κ3) is 2.38. The van der Waals surface area contributed by atoms with E-state index in [9.17, 15) is 5.11 Å². The van der Waals surface area contributed by atoms with Gasteiger partial charge in [0, 0.05) is 0 Å². The van der Waals surface area contributed by atoms with E-state index in [2.05, 4.69) is 6.07 Å². The first-order chi connectivity index (χ1) is 7.83. The normalized spacial score (nSPS) is 15.6. The van der Waals surface area contributed by atoms with Crippen molar-refractivity contribution in [2.75, 3.05) is 6.54 Å². The van der Waals surface area contributed by atoms with E-state index in [-0.39, 0.29) is 0 Å². The summed E-state index contributed by atoms with van der Waals surface area (Å²) < 4.78 is 0. The molecule has 0 saturated carbocycles. The van der Waals surface area contributed by atoms with Crippen molar-refractivity contribution in [3.8, 4) is 5.75 Å². The average Bonchev–Trinajstić information content (AvgIpc) is 2.53. The first kappa shape index (κ1) is 11.5. The summed E-state index contributed by atoms with van der Waals surface area (Å²) in [7, 11) is 0. The summed E-state index contributed by atoms with van der Waals surface area (Å²) in [5, 5.41) is 9.94. The number of hydrogen-bond acceptors (Lipinski definition) is 2. The Kier molecular flexibility index (Phi) is 3.83. The molecule has 1 aliphatic rings. The van der Waals surface area contributed by atoms with Crippen LogP contribution in [0.2, 0.25) is 0 Å². The van der Waals surface area contributed by atoms with Crippen LogP contribution in [0.15, 0.2) is 12.1 Å². The maximum Gasteiger partial charge on any atom is 0.119 e. The molecule has 16 heavy (non-hydrogen) atoms. The molecule has 0 radical (unpaired) electrons. The lowest BCUT2D eigenvalue weighted by Crippen LogP contribution is -2.04. The minimum absolute atomic E-state index is 0.467. The summed E-state index contributed by atoms with van der Waals surface area (Å²) in [6.45, 7) is 0.698. The number of aromatic hydroxyl groups is 1. The number of benzene rings is 1. The summed E-state index contributed by atoms with van der Waals surface area (Å²) in [5.74, 6) is 0.467. The third-order valence-electron chi connectivity index (χ3n) is 3.51. The zero-order valence-corrected chi connectivity index (χ0v) is 9.84. The van der Waals surface area contributed by atoms with E-state index in [1.54, 1.807) is 0 Å². The molecule has 2 heteroatoms. The van der Waals surface area contributed by atoms with Crippen molar-refractivity contribution in [3.05, 3.63) is 28.8 Å². The number of aryl methyl sites for hydroxylation is 1. The van der Waals surface area contributed by atoms with Crippen molar-refractivity contribution in [1.29, 1.82) is 0 Å². The van der Waals surface area contributed by atoms with Crippen molar-refractivity contribution < 1.29 is 5.11 Å². The first-order valence-corrected chi connectivity index (χ1v) is 6.35. The lowest BCUT2D eigenvalue weighted by molar-refractivity contribution is 0.465. The van der Waals surface area contributed by atoms with Gasteiger partial charge in [0.2, 0.25) is 0 Å². The minimum Gasteiger partial charge on any atom is -0.508 e. The minimum atomic E-state index is 0.467. The van der Waals surface area contributed by atoms with Crippen LogP contribution >= 0.6 is 0 Å². The molecule has 0 aliphatic heterocycles. The second-order valence-corrected chi connectivity index (χ2v) is 4.65. The molecule has 0 fully saturated rings. The molecule has 2 nitrogen and oxygen atoms in total. The molecular formula is C14H21NO. The number of fused-ring (bicyclic) bond motifs is 1. The molecule has 1 aromatic rings. The summed E-state index contributed by atoms with van der Waals surface area (Å²) in [6.07, 6.45) is 8.04. The monoisotopic (exact) mass is 219 g/mol. The molecule has 1 aliphatic carbocycles. The second-order valence-electron chi connectivity index (χ2n) is 4.65. The van der Waals surface area contributed by atoms with Gasteiger partial charge in [-0.1, -0.05) is 12.5 Å². The fourth-order valence-corrected chi connectivity index (χ4v) is 2.63. The molecule has 0 spiro atoms. The molecule has 88 valence electrons. The van der Waals surface area contributed by atoms with Gasteiger partial charge in [-0.05, 0) is 67.8 Å². The summed E-state index contributed by atoms with van der Waals surface area (Å²) in [4.78, 5) is 0. The highest BCUT2D eigenvalue weighted by Crippen LogP contribution is 2.30. The molecular weight excluding hydrogens is 198 g/mol. The largest absolute Gasteiger partial charge is 0.508 e. The molecule has 0 bridgehead atoms. The first-order valence-electron chi connectivity index (χ1n) is 6.35. The van der Waals surface area contributed by atoms with Gasteiger partial charge in [-0.15, -0.1) is 0 Å². The maximum atomic E-state index is 9.94. The van der Waals surface area contributed by atoms with Crippen LogP contribution in [0.1, 0.15) is 42.4 Å². The highest BCUT2D eigenvalue weighted by atomic mass is 16.3. The van der Waals surface area contributed by atoms with Crippen LogP contribution in [0.3, 0.4) is 0 Å². The Balaban J connectivity index is 2.32. The molecule has 0 heterocycles. The third-order valence-corrected chi connectivity index (χ3v) is 3.51. The van der Waals surface area contributed by atoms with Crippen molar-refractivity contribution >= 4 is 0 Å². The maximum absolute atomic E-state index is 9.94. The molecule has 0 saturated heterocycles. The zero-order chi connectivity index (χ0) is 11.4. The molecule has 2 rings (SSSR count). The molecule has 0 aromatic heterocycles. The highest BCUT2D eigenvalue weighted by molar-refractivity contribution is 5.45. The van der Waals surface area contributed by atoms with E-state index in [1.807, 2.05) is 6.07 Å². The van der Waals surface area contributed by atoms with Crippen molar-refractivity contribution in [2.45, 2.75) is 44.9 Å². The van der Waals surface area contributed by atoms with E-state index in [4.69, 9.17) is 5.73 Å². The Bertz CT molecular complexity index is 360. The van der Waals surface area contributed by atoms with Crippen LogP contribution in [0.5, 0.6) is 5.75 Å². The Morgan fingerprint density at radius 2 is 1.94 bits per heavy atom. The smallest absolute Gasteiger partial charge is 0.119 e. The number of phenolic OH excluding ortho intramolecular Hbond substituents is 1. The highest BCUT2D eigenvalue weighted by Gasteiger charge is 2.14. The van der Waals surface area contributed by atoms with Crippen LogP contribution < -0.4 is 5.73 Å². The van der Waals surface area contributed by atoms with E-state index in [0.29, 0.717) is 12.3 Å². The van der Waals surface area contributed by atoms with E-state index >= 15 is 0 Å². The van der Waals surface area contributed by atoms with Gasteiger partial charge < -0.3 is 10.8 Å². The Morgan fingerprint density at radius 3 is 2.75 bits per heavy atom. The van der Waals surface area contributed by atoms with E-state index < -0.39 is 0 Å². The standard InChI is InChI=1S/C14H21NO/c15-10-4-7-13-12-6-3-1-2-5-11(12)8-9-14(13)16/h8-9,16H,1-7,10,15H2. The van der Waals surface area contributed by atoms with Crippen LogP contribution in [0.25, 0.3) is 0 Å². The number of nitrogens with two attached hydrogens (primary N) is 1. The average molecular weight is 219 g/mol. The lowest BCUT2D eigenvalue weighted by atomic mass is 9.93. The summed E-state index contributed by atoms with van der Waals surface area (Å²) in [6, 6.07) is 3.96. The van der Waals surface area contributed by atoms with Gasteiger partial charge in [0.25, 0.3) is 0 Å². The van der Waals surface area contributed by atoms with Gasteiger partial charge in [-0.25, -0.2) is 0 Å². The Morgan fingerprint density at radius 1 is 1.12 bits per heavy atom. The van der Waals surface area contributed by atoms with Crippen LogP contribution in [-0.2, 0) is 19.3 Å². The van der Waals surface area contributed by atoms with Crippen LogP contribution in [-0.4, -0.2) is 11.7 Å². The van der Waals surface area contributed by atoms with Crippen molar-refractivity contribution in [1.82, 2.24) is 0 Å². The number of rotatable bonds is 3. The van der Waals surface area contributed by atoms with Gasteiger partial charge in [-0.2, -0.15) is 0 Å². The van der Waals surface area contributed by atoms with Gasteiger partial charge in [-0.3, -0.25) is 0 Å². The predicted octanol–water partition coefficient (Wildman–Crippen LogP) is 2.55. The van der Waals surface area contributed by atoms with Gasteiger partial charge >= 0.3 is 0 Å². The molecule has 0 amide bonds. The van der Waals surface area contributed by atoms with Gasteiger partial charge in [0.15, 0.2) is 0 Å². The number of phenols is 1. The lowest BCUT2D eigenvalue weighted by Gasteiger charge is -2.14. The Hall–Kier alpha value is -1.02. The topological polar surface area (TPSA) is 46.2 Å². The molecule has 1 aromatic carbocycles.